The maximum atomic E-state index is 12.1. The smallest absolute Gasteiger partial charge is 0.481 e. The van der Waals surface area contributed by atoms with Crippen molar-refractivity contribution in [2.24, 2.45) is 0 Å². The molecule has 5 heteroatoms. The van der Waals surface area contributed by atoms with Crippen LogP contribution < -0.4 is 14.0 Å². The molecule has 2 aromatic rings. The summed E-state index contributed by atoms with van der Waals surface area (Å²) < 4.78 is 10.8. The Kier molecular flexibility index (Phi) is 3.37. The van der Waals surface area contributed by atoms with Crippen molar-refractivity contribution in [1.29, 1.82) is 0 Å². The number of hydrogen-bond acceptors (Lipinski definition) is 4. The summed E-state index contributed by atoms with van der Waals surface area (Å²) >= 11 is 0. The highest BCUT2D eigenvalue weighted by Crippen LogP contribution is 2.42. The average Bonchev–Trinajstić information content (AvgIpc) is 2.78. The molecule has 0 spiro atoms. The van der Waals surface area contributed by atoms with Crippen LogP contribution in [0.25, 0.3) is 11.1 Å². The van der Waals surface area contributed by atoms with Gasteiger partial charge in [0.15, 0.2) is 11.4 Å². The van der Waals surface area contributed by atoms with Crippen molar-refractivity contribution in [2.75, 3.05) is 20.7 Å². The molecule has 1 unspecified atom stereocenters. The average molecular weight is 299 g/mol. The van der Waals surface area contributed by atoms with Gasteiger partial charge < -0.3 is 9.47 Å². The van der Waals surface area contributed by atoms with E-state index < -0.39 is 0 Å². The van der Waals surface area contributed by atoms with Gasteiger partial charge in [0, 0.05) is 23.9 Å². The van der Waals surface area contributed by atoms with Gasteiger partial charge in [0.25, 0.3) is 0 Å². The highest BCUT2D eigenvalue weighted by molar-refractivity contribution is 5.92. The number of carbonyl (C=O) groups excluding carboxylic acids is 1. The lowest BCUT2D eigenvalue weighted by Gasteiger charge is -2.20. The minimum absolute atomic E-state index is 0.176. The van der Waals surface area contributed by atoms with Crippen molar-refractivity contribution < 1.29 is 14.3 Å². The van der Waals surface area contributed by atoms with E-state index >= 15 is 0 Å². The molecule has 1 aromatic carbocycles. The normalized spacial score (nSPS) is 19.7. The molecule has 0 bridgehead atoms. The summed E-state index contributed by atoms with van der Waals surface area (Å²) in [5.74, 6) is 1.21. The molecule has 0 N–H and O–H groups in total. The van der Waals surface area contributed by atoms with Gasteiger partial charge in [-0.15, -0.1) is 0 Å². The van der Waals surface area contributed by atoms with Gasteiger partial charge in [-0.1, -0.05) is 0 Å². The van der Waals surface area contributed by atoms with Gasteiger partial charge >= 0.3 is 6.09 Å². The molecule has 0 radical (unpaired) electrons. The molecule has 1 amide bonds. The van der Waals surface area contributed by atoms with Crippen LogP contribution in [0.1, 0.15) is 12.5 Å². The van der Waals surface area contributed by atoms with Crippen LogP contribution in [0, 0.1) is 6.92 Å². The van der Waals surface area contributed by atoms with Gasteiger partial charge in [-0.2, -0.15) is 9.28 Å². The number of methoxy groups -OCH3 is 1. The third-order valence-corrected chi connectivity index (χ3v) is 4.33. The Morgan fingerprint density at radius 2 is 2.09 bits per heavy atom. The van der Waals surface area contributed by atoms with Crippen molar-refractivity contribution in [1.82, 2.24) is 9.47 Å². The quantitative estimate of drug-likeness (QED) is 0.813. The number of aromatic nitrogens is 1. The second-order valence-electron chi connectivity index (χ2n) is 5.60. The molecule has 5 nitrogen and oxygen atoms in total. The Morgan fingerprint density at radius 1 is 1.32 bits per heavy atom. The lowest BCUT2D eigenvalue weighted by molar-refractivity contribution is 0.180. The first-order valence-corrected chi connectivity index (χ1v) is 7.23. The second kappa shape index (κ2) is 5.10. The van der Waals surface area contributed by atoms with Crippen LogP contribution in [-0.4, -0.2) is 31.8 Å². The molecule has 2 heterocycles. The van der Waals surface area contributed by atoms with E-state index in [0.29, 0.717) is 18.2 Å². The van der Waals surface area contributed by atoms with E-state index in [9.17, 15) is 4.79 Å². The fourth-order valence-corrected chi connectivity index (χ4v) is 2.71. The topological polar surface area (TPSA) is 48.4 Å². The minimum atomic E-state index is -0.237. The summed E-state index contributed by atoms with van der Waals surface area (Å²) in [6.45, 7) is 4.64. The van der Waals surface area contributed by atoms with Crippen LogP contribution >= 0.6 is 0 Å². The summed E-state index contributed by atoms with van der Waals surface area (Å²) in [5, 5.41) is 0. The predicted molar refractivity (Wildman–Crippen MR) is 85.2 cm³/mol. The van der Waals surface area contributed by atoms with E-state index in [1.165, 1.54) is 0 Å². The molecule has 3 rings (SSSR count). The SMILES string of the molecule is CC[N+]1(C)C(=O)Oc2cc(-c3cnc(OC)cc3C)ccc21. The number of pyridine rings is 1. The molecule has 0 saturated heterocycles. The lowest BCUT2D eigenvalue weighted by atomic mass is 10.0. The highest BCUT2D eigenvalue weighted by atomic mass is 16.6. The molecule has 1 atom stereocenters. The van der Waals surface area contributed by atoms with Gasteiger partial charge in [0.05, 0.1) is 20.7 Å². The third-order valence-electron chi connectivity index (χ3n) is 4.33. The maximum Gasteiger partial charge on any atom is 0.526 e. The molecule has 114 valence electrons. The van der Waals surface area contributed by atoms with E-state index in [-0.39, 0.29) is 10.6 Å². The molecule has 22 heavy (non-hydrogen) atoms. The molecule has 1 aliphatic heterocycles. The number of ether oxygens (including phenoxy) is 2. The van der Waals surface area contributed by atoms with E-state index in [4.69, 9.17) is 9.47 Å². The van der Waals surface area contributed by atoms with Crippen molar-refractivity contribution in [3.8, 4) is 22.8 Å². The van der Waals surface area contributed by atoms with Crippen molar-refractivity contribution in [3.63, 3.8) is 0 Å². The molecule has 0 fully saturated rings. The number of amides is 1. The first-order chi connectivity index (χ1) is 10.5. The minimum Gasteiger partial charge on any atom is -0.481 e. The monoisotopic (exact) mass is 299 g/mol. The van der Waals surface area contributed by atoms with Gasteiger partial charge in [-0.05, 0) is 37.1 Å². The lowest BCUT2D eigenvalue weighted by Crippen LogP contribution is -2.47. The Morgan fingerprint density at radius 3 is 2.73 bits per heavy atom. The van der Waals surface area contributed by atoms with Crippen LogP contribution in [0.5, 0.6) is 11.6 Å². The standard InChI is InChI=1S/C17H19N2O3/c1-5-19(3)14-7-6-12(9-15(14)22-17(19)20)13-10-18-16(21-4)8-11(13)2/h6-10H,5H2,1-4H3/q+1. The zero-order valence-corrected chi connectivity index (χ0v) is 13.2. The maximum absolute atomic E-state index is 12.1. The van der Waals surface area contributed by atoms with Crippen molar-refractivity contribution >= 4 is 11.8 Å². The van der Waals surface area contributed by atoms with Gasteiger partial charge in [0.1, 0.15) is 0 Å². The zero-order valence-electron chi connectivity index (χ0n) is 13.2. The number of benzene rings is 1. The van der Waals surface area contributed by atoms with Crippen molar-refractivity contribution in [2.45, 2.75) is 13.8 Å². The summed E-state index contributed by atoms with van der Waals surface area (Å²) in [7, 11) is 3.47. The third kappa shape index (κ3) is 2.05. The van der Waals surface area contributed by atoms with E-state index in [0.717, 1.165) is 22.4 Å². The van der Waals surface area contributed by atoms with Crippen LogP contribution in [0.4, 0.5) is 10.5 Å². The molecular weight excluding hydrogens is 280 g/mol. The first kappa shape index (κ1) is 14.5. The Labute approximate surface area is 129 Å². The number of fused-ring (bicyclic) bond motifs is 1. The number of quaternary nitrogens is 1. The fraction of sp³-hybridized carbons (Fsp3) is 0.294. The zero-order chi connectivity index (χ0) is 15.9. The second-order valence-corrected chi connectivity index (χ2v) is 5.60. The van der Waals surface area contributed by atoms with E-state index in [2.05, 4.69) is 4.98 Å². The Balaban J connectivity index is 2.06. The summed E-state index contributed by atoms with van der Waals surface area (Å²) in [4.78, 5) is 16.4. The van der Waals surface area contributed by atoms with Gasteiger partial charge in [-0.25, -0.2) is 4.98 Å². The predicted octanol–water partition coefficient (Wildman–Crippen LogP) is 3.54. The van der Waals surface area contributed by atoms with Crippen LogP contribution in [0.3, 0.4) is 0 Å². The van der Waals surface area contributed by atoms with Crippen LogP contribution in [-0.2, 0) is 0 Å². The van der Waals surface area contributed by atoms with Crippen LogP contribution in [0.2, 0.25) is 0 Å². The number of nitrogens with zero attached hydrogens (tertiary/aromatic N) is 2. The molecule has 0 aliphatic carbocycles. The summed E-state index contributed by atoms with van der Waals surface area (Å²) in [6, 6.07) is 7.76. The number of rotatable bonds is 3. The first-order valence-electron chi connectivity index (χ1n) is 7.23. The molecule has 1 aliphatic rings. The van der Waals surface area contributed by atoms with Crippen molar-refractivity contribution in [3.05, 3.63) is 36.0 Å². The van der Waals surface area contributed by atoms with E-state index in [1.807, 2.05) is 45.2 Å². The Hall–Kier alpha value is -2.40. The molecular formula is C17H19N2O3+. The summed E-state index contributed by atoms with van der Waals surface area (Å²) in [6.07, 6.45) is 1.54. The van der Waals surface area contributed by atoms with Crippen LogP contribution in [0.15, 0.2) is 30.5 Å². The number of carbonyl (C=O) groups is 1. The highest BCUT2D eigenvalue weighted by Gasteiger charge is 2.45. The van der Waals surface area contributed by atoms with Gasteiger partial charge in [-0.3, -0.25) is 0 Å². The molecule has 1 aromatic heterocycles. The Bertz CT molecular complexity index is 758. The largest absolute Gasteiger partial charge is 0.526 e. The fourth-order valence-electron chi connectivity index (χ4n) is 2.71. The van der Waals surface area contributed by atoms with E-state index in [1.54, 1.807) is 13.3 Å². The number of aryl methyl sites for hydroxylation is 1. The van der Waals surface area contributed by atoms with Gasteiger partial charge in [0.2, 0.25) is 5.88 Å². The molecule has 0 saturated carbocycles. The number of hydrogen-bond donors (Lipinski definition) is 0. The summed E-state index contributed by atoms with van der Waals surface area (Å²) in [5.41, 5.74) is 3.93.